The van der Waals surface area contributed by atoms with Crippen molar-refractivity contribution in [3.8, 4) is 0 Å². The smallest absolute Gasteiger partial charge is 0.180 e. The SMILES string of the molecule is Cc1[nH]nc2c1C(c1cccc(Br)c1)N(c1ccccc1)C(=S)N2. The van der Waals surface area contributed by atoms with Gasteiger partial charge in [0.2, 0.25) is 0 Å². The Kier molecular flexibility index (Phi) is 3.86. The Bertz CT molecular complexity index is 906. The summed E-state index contributed by atoms with van der Waals surface area (Å²) in [5.74, 6) is 0.801. The Morgan fingerprint density at radius 2 is 1.92 bits per heavy atom. The second kappa shape index (κ2) is 6.03. The van der Waals surface area contributed by atoms with Crippen molar-refractivity contribution in [1.29, 1.82) is 0 Å². The van der Waals surface area contributed by atoms with Gasteiger partial charge in [-0.2, -0.15) is 5.10 Å². The maximum Gasteiger partial charge on any atom is 0.180 e. The molecule has 6 heteroatoms. The summed E-state index contributed by atoms with van der Waals surface area (Å²) in [6.07, 6.45) is 0. The Labute approximate surface area is 154 Å². The van der Waals surface area contributed by atoms with Crippen molar-refractivity contribution in [3.63, 3.8) is 0 Å². The van der Waals surface area contributed by atoms with Gasteiger partial charge in [-0.3, -0.25) is 5.10 Å². The molecule has 0 fully saturated rings. The maximum atomic E-state index is 5.65. The fourth-order valence-corrected chi connectivity index (χ4v) is 3.85. The van der Waals surface area contributed by atoms with Crippen LogP contribution in [-0.4, -0.2) is 15.3 Å². The summed E-state index contributed by atoms with van der Waals surface area (Å²) in [4.78, 5) is 2.14. The minimum Gasteiger partial charge on any atom is -0.315 e. The standard InChI is InChI=1S/C18H15BrN4S/c1-11-15-16(12-6-5-7-13(19)10-12)23(14-8-3-2-4-9-14)18(24)20-17(15)22-21-11/h2-10,16H,1H3,(H2,20,21,22,24). The normalized spacial score (nSPS) is 16.7. The van der Waals surface area contributed by atoms with Crippen molar-refractivity contribution in [2.75, 3.05) is 10.2 Å². The molecule has 1 aliphatic rings. The number of aromatic nitrogens is 2. The molecule has 2 aromatic carbocycles. The first-order valence-electron chi connectivity index (χ1n) is 7.61. The summed E-state index contributed by atoms with van der Waals surface area (Å²) in [6, 6.07) is 18.5. The molecule has 0 aliphatic carbocycles. The van der Waals surface area contributed by atoms with Gasteiger partial charge in [0.25, 0.3) is 0 Å². The molecule has 24 heavy (non-hydrogen) atoms. The van der Waals surface area contributed by atoms with E-state index in [9.17, 15) is 0 Å². The first-order valence-corrected chi connectivity index (χ1v) is 8.81. The van der Waals surface area contributed by atoms with Gasteiger partial charge in [0.15, 0.2) is 10.9 Å². The molecule has 1 aliphatic heterocycles. The second-order valence-electron chi connectivity index (χ2n) is 5.70. The zero-order valence-corrected chi connectivity index (χ0v) is 15.4. The molecule has 120 valence electrons. The fraction of sp³-hybridized carbons (Fsp3) is 0.111. The molecule has 4 rings (SSSR count). The molecular weight excluding hydrogens is 384 g/mol. The van der Waals surface area contributed by atoms with Gasteiger partial charge in [0.05, 0.1) is 6.04 Å². The fourth-order valence-electron chi connectivity index (χ4n) is 3.12. The summed E-state index contributed by atoms with van der Waals surface area (Å²) in [5, 5.41) is 11.3. The summed E-state index contributed by atoms with van der Waals surface area (Å²) in [6.45, 7) is 2.04. The molecule has 0 saturated heterocycles. The highest BCUT2D eigenvalue weighted by Crippen LogP contribution is 2.41. The zero-order valence-electron chi connectivity index (χ0n) is 13.0. The molecular formula is C18H15BrN4S. The molecule has 0 bridgehead atoms. The second-order valence-corrected chi connectivity index (χ2v) is 7.01. The van der Waals surface area contributed by atoms with Crippen LogP contribution in [0, 0.1) is 6.92 Å². The van der Waals surface area contributed by atoms with Crippen LogP contribution in [0.25, 0.3) is 0 Å². The molecule has 1 unspecified atom stereocenters. The van der Waals surface area contributed by atoms with E-state index in [4.69, 9.17) is 12.2 Å². The average Bonchev–Trinajstić information content (AvgIpc) is 2.95. The van der Waals surface area contributed by atoms with Crippen LogP contribution in [0.4, 0.5) is 11.5 Å². The van der Waals surface area contributed by atoms with Crippen molar-refractivity contribution in [2.24, 2.45) is 0 Å². The van der Waals surface area contributed by atoms with Crippen LogP contribution in [0.2, 0.25) is 0 Å². The monoisotopic (exact) mass is 398 g/mol. The van der Waals surface area contributed by atoms with Gasteiger partial charge in [-0.05, 0) is 49.0 Å². The van der Waals surface area contributed by atoms with Gasteiger partial charge in [0.1, 0.15) is 0 Å². The van der Waals surface area contributed by atoms with E-state index in [2.05, 4.69) is 60.6 Å². The minimum absolute atomic E-state index is 0.0348. The highest BCUT2D eigenvalue weighted by atomic mass is 79.9. The molecule has 0 amide bonds. The third-order valence-corrected chi connectivity index (χ3v) is 4.96. The lowest BCUT2D eigenvalue weighted by Gasteiger charge is -2.38. The number of aryl methyl sites for hydroxylation is 1. The Balaban J connectivity index is 1.95. The van der Waals surface area contributed by atoms with E-state index in [0.717, 1.165) is 32.8 Å². The average molecular weight is 399 g/mol. The minimum atomic E-state index is -0.0348. The van der Waals surface area contributed by atoms with Crippen LogP contribution in [-0.2, 0) is 0 Å². The quantitative estimate of drug-likeness (QED) is 0.609. The number of hydrogen-bond acceptors (Lipinski definition) is 2. The third-order valence-electron chi connectivity index (χ3n) is 4.17. The van der Waals surface area contributed by atoms with Gasteiger partial charge in [-0.25, -0.2) is 0 Å². The Hall–Kier alpha value is -2.18. The van der Waals surface area contributed by atoms with E-state index in [0.29, 0.717) is 5.11 Å². The molecule has 0 spiro atoms. The molecule has 2 heterocycles. The highest BCUT2D eigenvalue weighted by Gasteiger charge is 2.35. The topological polar surface area (TPSA) is 44.0 Å². The number of nitrogens with one attached hydrogen (secondary N) is 2. The summed E-state index contributed by atoms with van der Waals surface area (Å²) >= 11 is 9.23. The van der Waals surface area contributed by atoms with Crippen LogP contribution in [0.1, 0.15) is 22.9 Å². The van der Waals surface area contributed by atoms with Gasteiger partial charge in [0, 0.05) is 21.4 Å². The number of thiocarbonyl (C=S) groups is 1. The number of para-hydroxylation sites is 1. The number of aromatic amines is 1. The number of anilines is 2. The van der Waals surface area contributed by atoms with Crippen molar-refractivity contribution in [3.05, 3.63) is 75.9 Å². The number of nitrogens with zero attached hydrogens (tertiary/aromatic N) is 2. The molecule has 1 aromatic heterocycles. The van der Waals surface area contributed by atoms with Crippen molar-refractivity contribution < 1.29 is 0 Å². The number of fused-ring (bicyclic) bond motifs is 1. The Morgan fingerprint density at radius 1 is 1.12 bits per heavy atom. The Morgan fingerprint density at radius 3 is 2.67 bits per heavy atom. The first-order chi connectivity index (χ1) is 11.6. The third kappa shape index (κ3) is 2.52. The molecule has 0 radical (unpaired) electrons. The maximum absolute atomic E-state index is 5.65. The summed E-state index contributed by atoms with van der Waals surface area (Å²) in [7, 11) is 0. The largest absolute Gasteiger partial charge is 0.315 e. The molecule has 3 aromatic rings. The highest BCUT2D eigenvalue weighted by molar-refractivity contribution is 9.10. The summed E-state index contributed by atoms with van der Waals surface area (Å²) < 4.78 is 1.04. The van der Waals surface area contributed by atoms with Crippen LogP contribution in [0.15, 0.2) is 59.1 Å². The lowest BCUT2D eigenvalue weighted by molar-refractivity contribution is 0.826. The van der Waals surface area contributed by atoms with Crippen molar-refractivity contribution in [2.45, 2.75) is 13.0 Å². The molecule has 0 saturated carbocycles. The van der Waals surface area contributed by atoms with E-state index in [1.54, 1.807) is 0 Å². The lowest BCUT2D eigenvalue weighted by Crippen LogP contribution is -2.42. The number of H-pyrrole nitrogens is 1. The van der Waals surface area contributed by atoms with Crippen LogP contribution in [0.5, 0.6) is 0 Å². The summed E-state index contributed by atoms with van der Waals surface area (Å²) in [5.41, 5.74) is 4.35. The van der Waals surface area contributed by atoms with Gasteiger partial charge in [-0.15, -0.1) is 0 Å². The zero-order chi connectivity index (χ0) is 16.7. The van der Waals surface area contributed by atoms with E-state index < -0.39 is 0 Å². The van der Waals surface area contributed by atoms with Crippen molar-refractivity contribution in [1.82, 2.24) is 10.2 Å². The van der Waals surface area contributed by atoms with Crippen LogP contribution >= 0.6 is 28.1 Å². The van der Waals surface area contributed by atoms with Crippen LogP contribution < -0.4 is 10.2 Å². The predicted molar refractivity (Wildman–Crippen MR) is 104 cm³/mol. The predicted octanol–water partition coefficient (Wildman–Crippen LogP) is 4.79. The van der Waals surface area contributed by atoms with Crippen LogP contribution in [0.3, 0.4) is 0 Å². The number of rotatable bonds is 2. The number of hydrogen-bond donors (Lipinski definition) is 2. The van der Waals surface area contributed by atoms with E-state index >= 15 is 0 Å². The molecule has 2 N–H and O–H groups in total. The molecule has 4 nitrogen and oxygen atoms in total. The molecule has 1 atom stereocenters. The van der Waals surface area contributed by atoms with E-state index in [1.165, 1.54) is 0 Å². The van der Waals surface area contributed by atoms with E-state index in [-0.39, 0.29) is 6.04 Å². The van der Waals surface area contributed by atoms with Crippen molar-refractivity contribution >= 4 is 44.8 Å². The van der Waals surface area contributed by atoms with E-state index in [1.807, 2.05) is 37.3 Å². The van der Waals surface area contributed by atoms with Gasteiger partial charge >= 0.3 is 0 Å². The van der Waals surface area contributed by atoms with Gasteiger partial charge < -0.3 is 10.2 Å². The first kappa shape index (κ1) is 15.4. The number of halogens is 1. The number of benzene rings is 2. The lowest BCUT2D eigenvalue weighted by atomic mass is 9.95. The van der Waals surface area contributed by atoms with Gasteiger partial charge in [-0.1, -0.05) is 46.3 Å².